The fraction of sp³-hybridized carbons (Fsp3) is 0. The van der Waals surface area contributed by atoms with Gasteiger partial charge in [0.15, 0.2) is 17.8 Å². The van der Waals surface area contributed by atoms with E-state index in [9.17, 15) is 4.79 Å². The first-order valence-electron chi connectivity index (χ1n) is 4.17. The van der Waals surface area contributed by atoms with Gasteiger partial charge in [-0.1, -0.05) is 23.7 Å². The van der Waals surface area contributed by atoms with Crippen molar-refractivity contribution in [3.63, 3.8) is 0 Å². The van der Waals surface area contributed by atoms with Crippen LogP contribution < -0.4 is 5.73 Å². The van der Waals surface area contributed by atoms with Crippen LogP contribution in [0.15, 0.2) is 35.1 Å². The topological polar surface area (TPSA) is 69.1 Å². The minimum atomic E-state index is -0.626. The minimum Gasteiger partial charge on any atom is -0.443 e. The summed E-state index contributed by atoms with van der Waals surface area (Å²) in [5.41, 5.74) is 5.92. The van der Waals surface area contributed by atoms with Crippen molar-refractivity contribution in [3.05, 3.63) is 41.4 Å². The number of hydrogen-bond acceptors (Lipinski definition) is 3. The highest BCUT2D eigenvalue weighted by Gasteiger charge is 2.15. The van der Waals surface area contributed by atoms with Crippen molar-refractivity contribution in [1.82, 2.24) is 4.98 Å². The molecule has 0 fully saturated rings. The smallest absolute Gasteiger partial charge is 0.271 e. The summed E-state index contributed by atoms with van der Waals surface area (Å²) in [7, 11) is 0. The molecule has 0 saturated carbocycles. The van der Waals surface area contributed by atoms with Gasteiger partial charge in [0, 0.05) is 10.6 Å². The molecule has 0 spiro atoms. The second kappa shape index (κ2) is 3.74. The Balaban J connectivity index is 2.54. The molecule has 1 heterocycles. The van der Waals surface area contributed by atoms with Crippen LogP contribution in [0.1, 0.15) is 10.5 Å². The fourth-order valence-electron chi connectivity index (χ4n) is 1.26. The lowest BCUT2D eigenvalue weighted by Crippen LogP contribution is -2.12. The van der Waals surface area contributed by atoms with E-state index < -0.39 is 5.91 Å². The number of amides is 1. The van der Waals surface area contributed by atoms with E-state index in [4.69, 9.17) is 21.8 Å². The van der Waals surface area contributed by atoms with Crippen molar-refractivity contribution >= 4 is 17.5 Å². The third-order valence-electron chi connectivity index (χ3n) is 1.89. The number of primary amides is 1. The summed E-state index contributed by atoms with van der Waals surface area (Å²) in [5.74, 6) is -0.288. The van der Waals surface area contributed by atoms with Crippen LogP contribution in [-0.2, 0) is 0 Å². The van der Waals surface area contributed by atoms with Crippen LogP contribution in [0.5, 0.6) is 0 Å². The molecule has 1 aromatic carbocycles. The van der Waals surface area contributed by atoms with Crippen LogP contribution in [0, 0.1) is 0 Å². The SMILES string of the molecule is NC(=O)c1ncoc1-c1cccc(Cl)c1. The minimum absolute atomic E-state index is 0.109. The molecule has 1 aromatic heterocycles. The Morgan fingerprint density at radius 3 is 2.93 bits per heavy atom. The van der Waals surface area contributed by atoms with Crippen molar-refractivity contribution < 1.29 is 9.21 Å². The summed E-state index contributed by atoms with van der Waals surface area (Å²) < 4.78 is 5.10. The highest BCUT2D eigenvalue weighted by molar-refractivity contribution is 6.30. The number of oxazole rings is 1. The van der Waals surface area contributed by atoms with Crippen LogP contribution in [-0.4, -0.2) is 10.9 Å². The molecule has 0 bridgehead atoms. The molecule has 0 aliphatic heterocycles. The number of carbonyl (C=O) groups excluding carboxylic acids is 1. The molecular weight excluding hydrogens is 216 g/mol. The van der Waals surface area contributed by atoms with Gasteiger partial charge < -0.3 is 10.2 Å². The molecule has 5 heteroatoms. The molecule has 2 aromatic rings. The third-order valence-corrected chi connectivity index (χ3v) is 2.12. The van der Waals surface area contributed by atoms with E-state index in [1.807, 2.05) is 0 Å². The van der Waals surface area contributed by atoms with Gasteiger partial charge in [-0.3, -0.25) is 4.79 Å². The molecule has 0 radical (unpaired) electrons. The summed E-state index contributed by atoms with van der Waals surface area (Å²) in [6, 6.07) is 6.92. The molecule has 2 N–H and O–H groups in total. The number of carbonyl (C=O) groups is 1. The van der Waals surface area contributed by atoms with E-state index in [-0.39, 0.29) is 5.69 Å². The lowest BCUT2D eigenvalue weighted by atomic mass is 10.1. The highest BCUT2D eigenvalue weighted by atomic mass is 35.5. The zero-order valence-electron chi connectivity index (χ0n) is 7.61. The first-order valence-corrected chi connectivity index (χ1v) is 4.55. The number of nitrogens with zero attached hydrogens (tertiary/aromatic N) is 1. The van der Waals surface area contributed by atoms with Gasteiger partial charge in [-0.2, -0.15) is 0 Å². The lowest BCUT2D eigenvalue weighted by Gasteiger charge is -1.98. The van der Waals surface area contributed by atoms with Gasteiger partial charge in [-0.25, -0.2) is 4.98 Å². The Morgan fingerprint density at radius 1 is 1.47 bits per heavy atom. The molecule has 1 amide bonds. The van der Waals surface area contributed by atoms with Crippen molar-refractivity contribution in [2.45, 2.75) is 0 Å². The number of halogens is 1. The third kappa shape index (κ3) is 1.85. The Labute approximate surface area is 90.7 Å². The molecule has 0 aliphatic rings. The summed E-state index contributed by atoms with van der Waals surface area (Å²) in [5, 5.41) is 0.555. The summed E-state index contributed by atoms with van der Waals surface area (Å²) in [6.45, 7) is 0. The van der Waals surface area contributed by atoms with Crippen molar-refractivity contribution in [1.29, 1.82) is 0 Å². The second-order valence-corrected chi connectivity index (χ2v) is 3.34. The summed E-state index contributed by atoms with van der Waals surface area (Å²) in [6.07, 6.45) is 1.18. The van der Waals surface area contributed by atoms with Crippen molar-refractivity contribution in [2.24, 2.45) is 5.73 Å². The highest BCUT2D eigenvalue weighted by Crippen LogP contribution is 2.25. The van der Waals surface area contributed by atoms with Crippen LogP contribution in [0.2, 0.25) is 5.02 Å². The number of hydrogen-bond donors (Lipinski definition) is 1. The molecule has 15 heavy (non-hydrogen) atoms. The zero-order chi connectivity index (χ0) is 10.8. The molecule has 0 atom stereocenters. The maximum Gasteiger partial charge on any atom is 0.271 e. The summed E-state index contributed by atoms with van der Waals surface area (Å²) >= 11 is 5.82. The summed E-state index contributed by atoms with van der Waals surface area (Å²) in [4.78, 5) is 14.7. The molecule has 0 unspecified atom stereocenters. The van der Waals surface area contributed by atoms with E-state index in [0.29, 0.717) is 16.3 Å². The Hall–Kier alpha value is -1.81. The Kier molecular flexibility index (Phi) is 2.43. The Bertz CT molecular complexity index is 508. The fourth-order valence-corrected chi connectivity index (χ4v) is 1.45. The maximum atomic E-state index is 11.0. The van der Waals surface area contributed by atoms with Gasteiger partial charge in [0.1, 0.15) is 0 Å². The van der Waals surface area contributed by atoms with Crippen molar-refractivity contribution in [3.8, 4) is 11.3 Å². The van der Waals surface area contributed by atoms with Gasteiger partial charge >= 0.3 is 0 Å². The van der Waals surface area contributed by atoms with E-state index in [1.54, 1.807) is 24.3 Å². The average Bonchev–Trinajstić information content (AvgIpc) is 2.65. The molecular formula is C10H7ClN2O2. The van der Waals surface area contributed by atoms with Gasteiger partial charge in [0.25, 0.3) is 5.91 Å². The van der Waals surface area contributed by atoms with Crippen LogP contribution in [0.3, 0.4) is 0 Å². The number of rotatable bonds is 2. The average molecular weight is 223 g/mol. The zero-order valence-corrected chi connectivity index (χ0v) is 8.36. The number of benzene rings is 1. The predicted octanol–water partition coefficient (Wildman–Crippen LogP) is 2.09. The monoisotopic (exact) mass is 222 g/mol. The van der Waals surface area contributed by atoms with Crippen molar-refractivity contribution in [2.75, 3.05) is 0 Å². The first-order chi connectivity index (χ1) is 7.18. The van der Waals surface area contributed by atoms with Gasteiger partial charge in [-0.15, -0.1) is 0 Å². The normalized spacial score (nSPS) is 10.2. The van der Waals surface area contributed by atoms with Gasteiger partial charge in [-0.05, 0) is 12.1 Å². The van der Waals surface area contributed by atoms with E-state index >= 15 is 0 Å². The van der Waals surface area contributed by atoms with Gasteiger partial charge in [0.05, 0.1) is 0 Å². The standard InChI is InChI=1S/C10H7ClN2O2/c11-7-3-1-2-6(4-7)9-8(10(12)14)13-5-15-9/h1-5H,(H2,12,14). The second-order valence-electron chi connectivity index (χ2n) is 2.90. The molecule has 2 rings (SSSR count). The largest absolute Gasteiger partial charge is 0.443 e. The quantitative estimate of drug-likeness (QED) is 0.846. The maximum absolute atomic E-state index is 11.0. The first kappa shape index (κ1) is 9.73. The molecule has 0 aliphatic carbocycles. The molecule has 76 valence electrons. The predicted molar refractivity (Wildman–Crippen MR) is 55.5 cm³/mol. The van der Waals surface area contributed by atoms with E-state index in [2.05, 4.69) is 4.98 Å². The molecule has 4 nitrogen and oxygen atoms in total. The van der Waals surface area contributed by atoms with Gasteiger partial charge in [0.2, 0.25) is 0 Å². The van der Waals surface area contributed by atoms with Crippen LogP contribution in [0.4, 0.5) is 0 Å². The lowest BCUT2D eigenvalue weighted by molar-refractivity contribution is 0.0996. The van der Waals surface area contributed by atoms with E-state index in [0.717, 1.165) is 0 Å². The number of aromatic nitrogens is 1. The van der Waals surface area contributed by atoms with Crippen LogP contribution >= 0.6 is 11.6 Å². The Morgan fingerprint density at radius 2 is 2.27 bits per heavy atom. The number of nitrogens with two attached hydrogens (primary N) is 1. The molecule has 0 saturated heterocycles. The van der Waals surface area contributed by atoms with E-state index in [1.165, 1.54) is 6.39 Å². The van der Waals surface area contributed by atoms with Crippen LogP contribution in [0.25, 0.3) is 11.3 Å².